The van der Waals surface area contributed by atoms with Gasteiger partial charge in [0, 0.05) is 26.3 Å². The molecular weight excluding hydrogens is 471 g/mol. The Balaban J connectivity index is 1.74. The molecule has 3 rings (SSSR count). The summed E-state index contributed by atoms with van der Waals surface area (Å²) in [6.07, 6.45) is 1.13. The fraction of sp³-hybridized carbons (Fsp3) is 0.0588. The second kappa shape index (κ2) is 7.22. The summed E-state index contributed by atoms with van der Waals surface area (Å²) in [5.74, 6) is -0.330. The average Bonchev–Trinajstić information content (AvgIpc) is 3.03. The van der Waals surface area contributed by atoms with Gasteiger partial charge < -0.3 is 0 Å². The molecule has 0 radical (unpaired) electrons. The number of anilines is 1. The quantitative estimate of drug-likeness (QED) is 0.567. The second-order valence-corrected chi connectivity index (χ2v) is 9.41. The second-order valence-electron chi connectivity index (χ2n) is 5.30. The molecule has 1 aromatic heterocycles. The normalized spacial score (nSPS) is 11.3. The zero-order chi connectivity index (χ0) is 18.0. The largest absolute Gasteiger partial charge is 0.298 e. The zero-order valence-corrected chi connectivity index (χ0v) is 16.9. The number of halogens is 1. The van der Waals surface area contributed by atoms with Crippen LogP contribution in [0.25, 0.3) is 11.3 Å². The summed E-state index contributed by atoms with van der Waals surface area (Å²) >= 11 is 3.58. The van der Waals surface area contributed by atoms with Gasteiger partial charge in [-0.15, -0.1) is 11.3 Å². The van der Waals surface area contributed by atoms with E-state index in [-0.39, 0.29) is 10.8 Å². The van der Waals surface area contributed by atoms with E-state index in [1.807, 2.05) is 29.6 Å². The van der Waals surface area contributed by atoms with E-state index in [9.17, 15) is 13.2 Å². The van der Waals surface area contributed by atoms with Crippen molar-refractivity contribution in [2.75, 3.05) is 11.6 Å². The number of carbonyl (C=O) groups excluding carboxylic acids is 1. The van der Waals surface area contributed by atoms with Crippen LogP contribution >= 0.6 is 33.9 Å². The van der Waals surface area contributed by atoms with Crippen molar-refractivity contribution in [3.8, 4) is 11.3 Å². The van der Waals surface area contributed by atoms with E-state index in [0.29, 0.717) is 10.7 Å². The van der Waals surface area contributed by atoms with E-state index < -0.39 is 9.84 Å². The molecule has 0 aliphatic heterocycles. The third kappa shape index (κ3) is 4.44. The molecule has 0 aliphatic rings. The third-order valence-corrected chi connectivity index (χ3v) is 6.01. The Morgan fingerprint density at radius 2 is 1.72 bits per heavy atom. The number of hydrogen-bond acceptors (Lipinski definition) is 5. The summed E-state index contributed by atoms with van der Waals surface area (Å²) in [7, 11) is -3.28. The van der Waals surface area contributed by atoms with Crippen molar-refractivity contribution < 1.29 is 13.2 Å². The molecule has 0 saturated carbocycles. The SMILES string of the molecule is CS(=O)(=O)c1ccc(C(=O)Nc2nc(-c3ccc(I)cc3)cs2)cc1. The van der Waals surface area contributed by atoms with Crippen molar-refractivity contribution in [1.82, 2.24) is 4.98 Å². The van der Waals surface area contributed by atoms with E-state index in [1.165, 1.54) is 35.6 Å². The lowest BCUT2D eigenvalue weighted by molar-refractivity contribution is 0.102. The Hall–Kier alpha value is -1.78. The van der Waals surface area contributed by atoms with Crippen molar-refractivity contribution in [3.63, 3.8) is 0 Å². The van der Waals surface area contributed by atoms with Crippen molar-refractivity contribution in [2.45, 2.75) is 4.90 Å². The summed E-state index contributed by atoms with van der Waals surface area (Å²) < 4.78 is 24.0. The Kier molecular flexibility index (Phi) is 5.21. The number of nitrogens with one attached hydrogen (secondary N) is 1. The zero-order valence-electron chi connectivity index (χ0n) is 13.1. The van der Waals surface area contributed by atoms with Gasteiger partial charge in [0.25, 0.3) is 5.91 Å². The van der Waals surface area contributed by atoms with E-state index in [0.717, 1.165) is 21.1 Å². The highest BCUT2D eigenvalue weighted by molar-refractivity contribution is 14.1. The van der Waals surface area contributed by atoms with E-state index >= 15 is 0 Å². The Bertz CT molecular complexity index is 1010. The number of thiazole rings is 1. The molecule has 0 spiro atoms. The van der Waals surface area contributed by atoms with Crippen LogP contribution < -0.4 is 5.32 Å². The minimum absolute atomic E-state index is 0.180. The van der Waals surface area contributed by atoms with E-state index in [4.69, 9.17) is 0 Å². The highest BCUT2D eigenvalue weighted by Gasteiger charge is 2.12. The third-order valence-electron chi connectivity index (χ3n) is 3.41. The molecule has 2 aromatic carbocycles. The van der Waals surface area contributed by atoms with Gasteiger partial charge in [-0.1, -0.05) is 12.1 Å². The van der Waals surface area contributed by atoms with Gasteiger partial charge >= 0.3 is 0 Å². The van der Waals surface area contributed by atoms with Gasteiger partial charge in [0.2, 0.25) is 0 Å². The lowest BCUT2D eigenvalue weighted by Gasteiger charge is -2.03. The van der Waals surface area contributed by atoms with Gasteiger partial charge in [-0.3, -0.25) is 10.1 Å². The number of aromatic nitrogens is 1. The van der Waals surface area contributed by atoms with Crippen LogP contribution in [0.5, 0.6) is 0 Å². The van der Waals surface area contributed by atoms with Gasteiger partial charge in [-0.05, 0) is 59.0 Å². The van der Waals surface area contributed by atoms with Crippen LogP contribution in [0.15, 0.2) is 58.8 Å². The van der Waals surface area contributed by atoms with Gasteiger partial charge in [-0.2, -0.15) is 0 Å². The minimum Gasteiger partial charge on any atom is -0.298 e. The molecule has 5 nitrogen and oxygen atoms in total. The lowest BCUT2D eigenvalue weighted by atomic mass is 10.2. The molecule has 0 unspecified atom stereocenters. The van der Waals surface area contributed by atoms with Crippen LogP contribution in [0, 0.1) is 3.57 Å². The molecule has 0 atom stereocenters. The van der Waals surface area contributed by atoms with Gasteiger partial charge in [0.1, 0.15) is 0 Å². The molecular formula is C17H13IN2O3S2. The standard InChI is InChI=1S/C17H13IN2O3S2/c1-25(22,23)14-8-4-12(5-9-14)16(21)20-17-19-15(10-24-17)11-2-6-13(18)7-3-11/h2-10H,1H3,(H,19,20,21). The molecule has 8 heteroatoms. The van der Waals surface area contributed by atoms with Crippen LogP contribution in [0.1, 0.15) is 10.4 Å². The smallest absolute Gasteiger partial charge is 0.257 e. The van der Waals surface area contributed by atoms with Gasteiger partial charge in [0.15, 0.2) is 15.0 Å². The summed E-state index contributed by atoms with van der Waals surface area (Å²) in [5.41, 5.74) is 2.15. The van der Waals surface area contributed by atoms with Crippen molar-refractivity contribution in [2.24, 2.45) is 0 Å². The molecule has 128 valence electrons. The Morgan fingerprint density at radius 1 is 1.08 bits per heavy atom. The van der Waals surface area contributed by atoms with Crippen LogP contribution in [0.3, 0.4) is 0 Å². The number of benzene rings is 2. The van der Waals surface area contributed by atoms with Crippen LogP contribution in [0.4, 0.5) is 5.13 Å². The maximum Gasteiger partial charge on any atom is 0.257 e. The van der Waals surface area contributed by atoms with Crippen molar-refractivity contribution >= 4 is 54.8 Å². The lowest BCUT2D eigenvalue weighted by Crippen LogP contribution is -2.11. The summed E-state index contributed by atoms with van der Waals surface area (Å²) in [6, 6.07) is 13.8. The molecule has 0 saturated heterocycles. The molecule has 0 aliphatic carbocycles. The maximum atomic E-state index is 12.3. The number of carbonyl (C=O) groups is 1. The Morgan fingerprint density at radius 3 is 2.32 bits per heavy atom. The first kappa shape index (κ1) is 18.0. The predicted octanol–water partition coefficient (Wildman–Crippen LogP) is 4.07. The molecule has 0 bridgehead atoms. The van der Waals surface area contributed by atoms with E-state index in [1.54, 1.807) is 0 Å². The topological polar surface area (TPSA) is 76.1 Å². The first-order valence-electron chi connectivity index (χ1n) is 7.16. The van der Waals surface area contributed by atoms with Gasteiger partial charge in [-0.25, -0.2) is 13.4 Å². The summed E-state index contributed by atoms with van der Waals surface area (Å²) in [6.45, 7) is 0. The highest BCUT2D eigenvalue weighted by atomic mass is 127. The number of rotatable bonds is 4. The average molecular weight is 484 g/mol. The molecule has 1 amide bonds. The molecule has 1 N–H and O–H groups in total. The van der Waals surface area contributed by atoms with E-state index in [2.05, 4.69) is 32.9 Å². The van der Waals surface area contributed by atoms with Crippen LogP contribution in [-0.4, -0.2) is 25.6 Å². The first-order valence-corrected chi connectivity index (χ1v) is 11.0. The summed E-state index contributed by atoms with van der Waals surface area (Å²) in [4.78, 5) is 16.9. The van der Waals surface area contributed by atoms with Gasteiger partial charge in [0.05, 0.1) is 10.6 Å². The fourth-order valence-corrected chi connectivity index (χ4v) is 3.81. The maximum absolute atomic E-state index is 12.3. The molecule has 1 heterocycles. The monoisotopic (exact) mass is 484 g/mol. The Labute approximate surface area is 163 Å². The van der Waals surface area contributed by atoms with Crippen molar-refractivity contribution in [3.05, 3.63) is 63.0 Å². The van der Waals surface area contributed by atoms with Crippen molar-refractivity contribution in [1.29, 1.82) is 0 Å². The minimum atomic E-state index is -3.28. The first-order chi connectivity index (χ1) is 11.8. The summed E-state index contributed by atoms with van der Waals surface area (Å²) in [5, 5.41) is 5.11. The number of sulfone groups is 1. The number of amides is 1. The molecule has 0 fully saturated rings. The predicted molar refractivity (Wildman–Crippen MR) is 108 cm³/mol. The number of nitrogens with zero attached hydrogens (tertiary/aromatic N) is 1. The molecule has 3 aromatic rings. The molecule has 25 heavy (non-hydrogen) atoms. The number of hydrogen-bond donors (Lipinski definition) is 1. The highest BCUT2D eigenvalue weighted by Crippen LogP contribution is 2.25. The fourth-order valence-electron chi connectivity index (χ4n) is 2.11. The van der Waals surface area contributed by atoms with Crippen LogP contribution in [0.2, 0.25) is 0 Å². The van der Waals surface area contributed by atoms with Crippen LogP contribution in [-0.2, 0) is 9.84 Å².